The normalized spacial score (nSPS) is 0. The third-order valence-corrected chi connectivity index (χ3v) is 0. The van der Waals surface area contributed by atoms with Crippen LogP contribution in [0.15, 0.2) is 0 Å². The number of hydrogen-bond acceptors (Lipinski definition) is 0. The van der Waals surface area contributed by atoms with Crippen LogP contribution in [0.25, 0.3) is 0 Å². The maximum absolute atomic E-state index is 0. The molecule has 0 valence electrons. The van der Waals surface area contributed by atoms with Gasteiger partial charge in [0, 0.05) is 0 Å². The second kappa shape index (κ2) is 15.7. The van der Waals surface area contributed by atoms with Gasteiger partial charge >= 0.3 is 136 Å². The van der Waals surface area contributed by atoms with E-state index >= 15 is 0 Å². The Labute approximate surface area is 132 Å². The quantitative estimate of drug-likeness (QED) is 0.285. The summed E-state index contributed by atoms with van der Waals surface area (Å²) in [6, 6.07) is 0. The fourth-order valence-corrected chi connectivity index (χ4v) is 0. The van der Waals surface area contributed by atoms with E-state index < -0.39 is 0 Å². The average molecular weight is 129 g/mol. The maximum atomic E-state index is 0. The first kappa shape index (κ1) is 23.7. The molecule has 0 nitrogen and oxygen atoms in total. The molecule has 0 amide bonds. The molecule has 0 aliphatic rings. The van der Waals surface area contributed by atoms with Crippen LogP contribution in [0.2, 0.25) is 0 Å². The van der Waals surface area contributed by atoms with Gasteiger partial charge in [-0.15, -0.1) is 0 Å². The van der Waals surface area contributed by atoms with E-state index in [0.717, 1.165) is 0 Å². The second-order valence-electron chi connectivity index (χ2n) is 0. The summed E-state index contributed by atoms with van der Waals surface area (Å²) in [4.78, 5) is 0. The monoisotopic (exact) mass is 129 g/mol. The molecule has 0 aromatic carbocycles. The van der Waals surface area contributed by atoms with Crippen molar-refractivity contribution in [3.8, 4) is 0 Å². The minimum atomic E-state index is 0. The van der Waals surface area contributed by atoms with Crippen LogP contribution in [0.4, 0.5) is 0 Å². The van der Waals surface area contributed by atoms with Gasteiger partial charge in [-0.25, -0.2) is 0 Å². The molecule has 0 aromatic heterocycles. The van der Waals surface area contributed by atoms with E-state index in [0.29, 0.717) is 0 Å². The van der Waals surface area contributed by atoms with Gasteiger partial charge < -0.3 is 0 Å². The smallest absolute Gasteiger partial charge is 1.00 e. The maximum Gasteiger partial charge on any atom is 3.00 e. The van der Waals surface area contributed by atoms with Crippen LogP contribution in [0, 0.1) is 0 Å². The van der Waals surface area contributed by atoms with Crippen molar-refractivity contribution in [2.24, 2.45) is 0 Å². The van der Waals surface area contributed by atoms with Crippen LogP contribution < -0.4 is 80.9 Å². The van der Waals surface area contributed by atoms with E-state index in [1.165, 1.54) is 0 Å². The van der Waals surface area contributed by atoms with Gasteiger partial charge in [-0.05, 0) is 0 Å². The second-order valence-corrected chi connectivity index (χ2v) is 0. The van der Waals surface area contributed by atoms with Crippen LogP contribution >= 0.6 is 0 Å². The summed E-state index contributed by atoms with van der Waals surface area (Å²) in [5, 5.41) is 0. The number of hydrogen-bond donors (Lipinski definition) is 0. The van der Waals surface area contributed by atoms with Crippen molar-refractivity contribution in [2.75, 3.05) is 0 Å². The summed E-state index contributed by atoms with van der Waals surface area (Å²) in [5.74, 6) is 0. The standard InChI is InChI=1S/Al.Ca.K.Na/q+3;+2;2*+1. The molecule has 0 aromatic rings. The predicted octanol–water partition coefficient (Wildman–Crippen LogP) is -6.75. The minimum Gasteiger partial charge on any atom is 1.00 e. The number of rotatable bonds is 0. The zero-order valence-electron chi connectivity index (χ0n) is 3.28. The summed E-state index contributed by atoms with van der Waals surface area (Å²) >= 11 is 0. The third kappa shape index (κ3) is 9.66. The first-order chi connectivity index (χ1) is 0. The van der Waals surface area contributed by atoms with Gasteiger partial charge in [0.1, 0.15) is 0 Å². The summed E-state index contributed by atoms with van der Waals surface area (Å²) in [5.41, 5.74) is 0. The Bertz CT molecular complexity index is 8.00. The third-order valence-electron chi connectivity index (χ3n) is 0. The summed E-state index contributed by atoms with van der Waals surface area (Å²) < 4.78 is 0. The Balaban J connectivity index is 0. The van der Waals surface area contributed by atoms with Crippen LogP contribution in [-0.2, 0) is 0 Å². The Hall–Kier alpha value is 4.43. The largest absolute Gasteiger partial charge is 3.00 e. The van der Waals surface area contributed by atoms with Gasteiger partial charge in [0.05, 0.1) is 0 Å². The van der Waals surface area contributed by atoms with E-state index in [9.17, 15) is 0 Å². The first-order valence-corrected chi connectivity index (χ1v) is 0. The van der Waals surface area contributed by atoms with Crippen molar-refractivity contribution >= 4 is 55.1 Å². The molecule has 0 aliphatic carbocycles. The SMILES string of the molecule is [Al+3].[Ca+2].[K+].[Na+]. The van der Waals surface area contributed by atoms with E-state index in [4.69, 9.17) is 0 Å². The molecule has 0 N–H and O–H groups in total. The van der Waals surface area contributed by atoms with Crippen molar-refractivity contribution in [2.45, 2.75) is 0 Å². The topological polar surface area (TPSA) is 0 Å². The average Bonchev–Trinajstić information content (AvgIpc) is 0. The molecular formula is AlCaKNa+7. The molecule has 0 bridgehead atoms. The molecule has 0 fully saturated rings. The Morgan fingerprint density at radius 2 is 1.00 bits per heavy atom. The molecular weight excluding hydrogens is 129 g/mol. The van der Waals surface area contributed by atoms with Crippen molar-refractivity contribution < 1.29 is 80.9 Å². The zero-order chi connectivity index (χ0) is 0. The predicted molar refractivity (Wildman–Crippen MR) is 11.5 cm³/mol. The summed E-state index contributed by atoms with van der Waals surface area (Å²) in [7, 11) is 0. The molecule has 0 heterocycles. The van der Waals surface area contributed by atoms with E-state index in [1.807, 2.05) is 0 Å². The fraction of sp³-hybridized carbons (Fsp3) is 0. The molecule has 0 saturated heterocycles. The Morgan fingerprint density at radius 3 is 1.00 bits per heavy atom. The Kier molecular flexibility index (Phi) is 92.8. The molecule has 0 aliphatic heterocycles. The van der Waals surface area contributed by atoms with Crippen molar-refractivity contribution in [1.82, 2.24) is 0 Å². The molecule has 0 saturated carbocycles. The summed E-state index contributed by atoms with van der Waals surface area (Å²) in [6.45, 7) is 0. The van der Waals surface area contributed by atoms with Crippen molar-refractivity contribution in [3.05, 3.63) is 0 Å². The van der Waals surface area contributed by atoms with Gasteiger partial charge in [-0.1, -0.05) is 0 Å². The molecule has 0 unspecified atom stereocenters. The molecule has 4 heteroatoms. The molecule has 0 spiro atoms. The zero-order valence-corrected chi connectivity index (χ0v) is 11.8. The van der Waals surface area contributed by atoms with Crippen LogP contribution in [0.3, 0.4) is 0 Å². The van der Waals surface area contributed by atoms with Crippen LogP contribution in [-0.4, -0.2) is 55.1 Å². The van der Waals surface area contributed by atoms with E-state index in [-0.39, 0.29) is 136 Å². The fourth-order valence-electron chi connectivity index (χ4n) is 0. The molecule has 4 heavy (non-hydrogen) atoms. The first-order valence-electron chi connectivity index (χ1n) is 0. The van der Waals surface area contributed by atoms with Crippen LogP contribution in [0.1, 0.15) is 0 Å². The van der Waals surface area contributed by atoms with Crippen LogP contribution in [0.5, 0.6) is 0 Å². The van der Waals surface area contributed by atoms with Crippen molar-refractivity contribution in [3.63, 3.8) is 0 Å². The molecule has 0 radical (unpaired) electrons. The van der Waals surface area contributed by atoms with Gasteiger partial charge in [-0.2, -0.15) is 0 Å². The van der Waals surface area contributed by atoms with Crippen molar-refractivity contribution in [1.29, 1.82) is 0 Å². The van der Waals surface area contributed by atoms with Gasteiger partial charge in [0.25, 0.3) is 0 Å². The Morgan fingerprint density at radius 1 is 1.00 bits per heavy atom. The minimum absolute atomic E-state index is 0. The van der Waals surface area contributed by atoms with E-state index in [1.54, 1.807) is 0 Å². The molecule has 0 atom stereocenters. The van der Waals surface area contributed by atoms with Gasteiger partial charge in [0.2, 0.25) is 0 Å². The van der Waals surface area contributed by atoms with Gasteiger partial charge in [-0.3, -0.25) is 0 Å². The molecule has 0 rings (SSSR count). The summed E-state index contributed by atoms with van der Waals surface area (Å²) in [6.07, 6.45) is 0. The van der Waals surface area contributed by atoms with E-state index in [2.05, 4.69) is 0 Å². The van der Waals surface area contributed by atoms with Gasteiger partial charge in [0.15, 0.2) is 0 Å².